The lowest BCUT2D eigenvalue weighted by atomic mass is 10.2. The molecule has 0 N–H and O–H groups in total. The molecule has 2 rings (SSSR count). The van der Waals surface area contributed by atoms with Crippen LogP contribution in [0.1, 0.15) is 25.0 Å². The number of hydrazone groups is 1. The molecule has 1 unspecified atom stereocenters. The maximum absolute atomic E-state index is 11.6. The van der Waals surface area contributed by atoms with E-state index in [0.29, 0.717) is 6.61 Å². The van der Waals surface area contributed by atoms with Crippen LogP contribution in [0.4, 0.5) is 0 Å². The average Bonchev–Trinajstić information content (AvgIpc) is 2.64. The van der Waals surface area contributed by atoms with Crippen molar-refractivity contribution in [1.82, 2.24) is 5.01 Å². The largest absolute Gasteiger partial charge is 0.489 e. The van der Waals surface area contributed by atoms with Gasteiger partial charge in [-0.05, 0) is 42.3 Å². The molecule has 25 heavy (non-hydrogen) atoms. The van der Waals surface area contributed by atoms with E-state index in [1.165, 1.54) is 11.9 Å². The minimum absolute atomic E-state index is 0.193. The van der Waals surface area contributed by atoms with Gasteiger partial charge in [-0.2, -0.15) is 10.4 Å². The average molecular weight is 335 g/mol. The fourth-order valence-corrected chi connectivity index (χ4v) is 2.08. The summed E-state index contributed by atoms with van der Waals surface area (Å²) in [5.41, 5.74) is 1.96. The highest BCUT2D eigenvalue weighted by molar-refractivity contribution is 5.81. The Kier molecular flexibility index (Phi) is 6.73. The minimum Gasteiger partial charge on any atom is -0.489 e. The monoisotopic (exact) mass is 335 g/mol. The van der Waals surface area contributed by atoms with Crippen LogP contribution in [0.15, 0.2) is 59.7 Å². The van der Waals surface area contributed by atoms with Crippen LogP contribution in [0.25, 0.3) is 0 Å². The van der Waals surface area contributed by atoms with Gasteiger partial charge in [-0.15, -0.1) is 0 Å². The van der Waals surface area contributed by atoms with Gasteiger partial charge in [0.1, 0.15) is 12.4 Å². The quantitative estimate of drug-likeness (QED) is 0.573. The molecule has 0 aliphatic rings. The van der Waals surface area contributed by atoms with Gasteiger partial charge >= 0.3 is 0 Å². The van der Waals surface area contributed by atoms with Gasteiger partial charge in [0.25, 0.3) is 0 Å². The van der Waals surface area contributed by atoms with Gasteiger partial charge in [-0.25, -0.2) is 5.01 Å². The first-order chi connectivity index (χ1) is 12.1. The van der Waals surface area contributed by atoms with E-state index in [0.717, 1.165) is 16.9 Å². The van der Waals surface area contributed by atoms with E-state index in [4.69, 9.17) is 10.00 Å². The third kappa shape index (κ3) is 6.11. The SMILES string of the molecule is CC(=O)N(CC(C)C#N)/N=C/c1ccc(OCc2ccccc2)cc1. The Bertz CT molecular complexity index is 749. The van der Waals surface area contributed by atoms with Crippen molar-refractivity contribution in [1.29, 1.82) is 5.26 Å². The van der Waals surface area contributed by atoms with E-state index in [-0.39, 0.29) is 18.4 Å². The number of benzene rings is 2. The number of carbonyl (C=O) groups is 1. The standard InChI is InChI=1S/C20H21N3O2/c1-16(12-21)14-23(17(2)24)22-13-18-8-10-20(11-9-18)25-15-19-6-4-3-5-7-19/h3-11,13,16H,14-15H2,1-2H3/b22-13+. The molecule has 0 saturated carbocycles. The summed E-state index contributed by atoms with van der Waals surface area (Å²) < 4.78 is 5.73. The predicted molar refractivity (Wildman–Crippen MR) is 97.0 cm³/mol. The van der Waals surface area contributed by atoms with E-state index >= 15 is 0 Å². The van der Waals surface area contributed by atoms with Crippen LogP contribution in [0.5, 0.6) is 5.75 Å². The lowest BCUT2D eigenvalue weighted by Crippen LogP contribution is -2.27. The van der Waals surface area contributed by atoms with Crippen LogP contribution in [0, 0.1) is 17.2 Å². The first kappa shape index (κ1) is 18.2. The van der Waals surface area contributed by atoms with Crippen molar-refractivity contribution in [3.05, 3.63) is 65.7 Å². The molecular weight excluding hydrogens is 314 g/mol. The third-order valence-corrected chi connectivity index (χ3v) is 3.51. The summed E-state index contributed by atoms with van der Waals surface area (Å²) in [5, 5.41) is 14.3. The molecule has 0 aromatic heterocycles. The van der Waals surface area contributed by atoms with E-state index in [1.54, 1.807) is 13.1 Å². The second-order valence-corrected chi connectivity index (χ2v) is 5.72. The highest BCUT2D eigenvalue weighted by Gasteiger charge is 2.10. The molecule has 1 amide bonds. The molecule has 0 radical (unpaired) electrons. The molecule has 0 aliphatic heterocycles. The maximum Gasteiger partial charge on any atom is 0.239 e. The van der Waals surface area contributed by atoms with E-state index in [2.05, 4.69) is 11.2 Å². The number of nitrogens with zero attached hydrogens (tertiary/aromatic N) is 3. The fourth-order valence-electron chi connectivity index (χ4n) is 2.08. The predicted octanol–water partition coefficient (Wildman–Crippen LogP) is 3.61. The molecule has 5 heteroatoms. The van der Waals surface area contributed by atoms with Crippen LogP contribution in [-0.4, -0.2) is 23.7 Å². The zero-order chi connectivity index (χ0) is 18.1. The summed E-state index contributed by atoms with van der Waals surface area (Å²) in [6, 6.07) is 19.5. The number of hydrogen-bond donors (Lipinski definition) is 0. The van der Waals surface area contributed by atoms with Gasteiger partial charge in [-0.1, -0.05) is 30.3 Å². The van der Waals surface area contributed by atoms with Crippen molar-refractivity contribution in [3.8, 4) is 11.8 Å². The number of rotatable bonds is 7. The third-order valence-electron chi connectivity index (χ3n) is 3.51. The van der Waals surface area contributed by atoms with Crippen LogP contribution in [0.3, 0.4) is 0 Å². The van der Waals surface area contributed by atoms with Crippen LogP contribution < -0.4 is 4.74 Å². The number of hydrogen-bond acceptors (Lipinski definition) is 4. The summed E-state index contributed by atoms with van der Waals surface area (Å²) in [6.07, 6.45) is 1.60. The highest BCUT2D eigenvalue weighted by atomic mass is 16.5. The number of nitriles is 1. The van der Waals surface area contributed by atoms with Crippen molar-refractivity contribution in [3.63, 3.8) is 0 Å². The molecule has 128 valence electrons. The Morgan fingerprint density at radius 2 is 1.92 bits per heavy atom. The zero-order valence-electron chi connectivity index (χ0n) is 14.4. The highest BCUT2D eigenvalue weighted by Crippen LogP contribution is 2.13. The first-order valence-corrected chi connectivity index (χ1v) is 8.07. The van der Waals surface area contributed by atoms with Crippen molar-refractivity contribution in [2.75, 3.05) is 6.54 Å². The molecule has 0 bridgehead atoms. The molecule has 0 fully saturated rings. The van der Waals surface area contributed by atoms with Crippen LogP contribution >= 0.6 is 0 Å². The Labute approximate surface area is 148 Å². The molecule has 0 heterocycles. The first-order valence-electron chi connectivity index (χ1n) is 8.07. The molecule has 0 spiro atoms. The lowest BCUT2D eigenvalue weighted by Gasteiger charge is -2.15. The zero-order valence-corrected chi connectivity index (χ0v) is 14.4. The van der Waals surface area contributed by atoms with Gasteiger partial charge < -0.3 is 4.74 Å². The smallest absolute Gasteiger partial charge is 0.239 e. The van der Waals surface area contributed by atoms with Gasteiger partial charge in [0, 0.05) is 6.92 Å². The molecule has 0 aliphatic carbocycles. The van der Waals surface area contributed by atoms with Gasteiger partial charge in [0.15, 0.2) is 0 Å². The van der Waals surface area contributed by atoms with Gasteiger partial charge in [-0.3, -0.25) is 4.79 Å². The van der Waals surface area contributed by atoms with Crippen LogP contribution in [-0.2, 0) is 11.4 Å². The molecule has 5 nitrogen and oxygen atoms in total. The molecule has 2 aromatic rings. The van der Waals surface area contributed by atoms with Gasteiger partial charge in [0.2, 0.25) is 5.91 Å². The summed E-state index contributed by atoms with van der Waals surface area (Å²) in [7, 11) is 0. The minimum atomic E-state index is -0.269. The molecule has 0 saturated heterocycles. The number of carbonyl (C=O) groups excluding carboxylic acids is 1. The maximum atomic E-state index is 11.6. The number of amides is 1. The summed E-state index contributed by atoms with van der Waals surface area (Å²) in [5.74, 6) is 0.304. The van der Waals surface area contributed by atoms with Crippen molar-refractivity contribution in [2.45, 2.75) is 20.5 Å². The van der Waals surface area contributed by atoms with E-state index in [9.17, 15) is 4.79 Å². The normalized spacial score (nSPS) is 11.7. The summed E-state index contributed by atoms with van der Waals surface area (Å²) in [4.78, 5) is 11.6. The Balaban J connectivity index is 1.94. The molecule has 2 aromatic carbocycles. The van der Waals surface area contributed by atoms with Crippen molar-refractivity contribution >= 4 is 12.1 Å². The Hall–Kier alpha value is -3.13. The summed E-state index contributed by atoms with van der Waals surface area (Å²) in [6.45, 7) is 3.98. The molecular formula is C20H21N3O2. The van der Waals surface area contributed by atoms with Crippen LogP contribution in [0.2, 0.25) is 0 Å². The Morgan fingerprint density at radius 3 is 2.52 bits per heavy atom. The number of ether oxygens (including phenoxy) is 1. The van der Waals surface area contributed by atoms with Crippen molar-refractivity contribution in [2.24, 2.45) is 11.0 Å². The van der Waals surface area contributed by atoms with Gasteiger partial charge in [0.05, 0.1) is 24.7 Å². The lowest BCUT2D eigenvalue weighted by molar-refractivity contribution is -0.129. The topological polar surface area (TPSA) is 65.7 Å². The van der Waals surface area contributed by atoms with E-state index < -0.39 is 0 Å². The van der Waals surface area contributed by atoms with E-state index in [1.807, 2.05) is 54.6 Å². The second-order valence-electron chi connectivity index (χ2n) is 5.72. The Morgan fingerprint density at radius 1 is 1.24 bits per heavy atom. The van der Waals surface area contributed by atoms with Crippen molar-refractivity contribution < 1.29 is 9.53 Å². The molecule has 1 atom stereocenters. The fraction of sp³-hybridized carbons (Fsp3) is 0.250. The second kappa shape index (κ2) is 9.24. The summed E-state index contributed by atoms with van der Waals surface area (Å²) >= 11 is 0.